The fourth-order valence-corrected chi connectivity index (χ4v) is 3.03. The maximum absolute atomic E-state index is 12.6. The number of aryl methyl sites for hydroxylation is 1. The monoisotopic (exact) mass is 291 g/mol. The van der Waals surface area contributed by atoms with Crippen molar-refractivity contribution in [2.45, 2.75) is 39.5 Å². The van der Waals surface area contributed by atoms with Gasteiger partial charge in [0.05, 0.1) is 5.56 Å². The van der Waals surface area contributed by atoms with Crippen LogP contribution in [0.3, 0.4) is 0 Å². The molecule has 0 aliphatic carbocycles. The lowest BCUT2D eigenvalue weighted by Crippen LogP contribution is -2.44. The fraction of sp³-hybridized carbons (Fsp3) is 0.588. The number of rotatable bonds is 4. The van der Waals surface area contributed by atoms with Crippen LogP contribution in [0.1, 0.15) is 49.0 Å². The molecule has 1 aromatic carbocycles. The number of aromatic hydroxyl groups is 1. The second-order valence-corrected chi connectivity index (χ2v) is 5.97. The van der Waals surface area contributed by atoms with Crippen LogP contribution in [-0.2, 0) is 6.42 Å². The highest BCUT2D eigenvalue weighted by Gasteiger charge is 2.34. The number of nitrogens with zero attached hydrogens (tertiary/aromatic N) is 1. The van der Waals surface area contributed by atoms with Gasteiger partial charge in [0, 0.05) is 19.7 Å². The van der Waals surface area contributed by atoms with E-state index in [1.54, 1.807) is 11.0 Å². The predicted octanol–water partition coefficient (Wildman–Crippen LogP) is 2.58. The number of aliphatic hydroxyl groups is 1. The van der Waals surface area contributed by atoms with Gasteiger partial charge in [-0.2, -0.15) is 0 Å². The molecule has 1 heterocycles. The number of benzene rings is 1. The zero-order valence-electron chi connectivity index (χ0n) is 12.9. The number of phenolic OH excluding ortho intramolecular Hbond substituents is 1. The quantitative estimate of drug-likeness (QED) is 0.896. The van der Waals surface area contributed by atoms with E-state index in [1.807, 2.05) is 19.1 Å². The minimum atomic E-state index is -0.106. The highest BCUT2D eigenvalue weighted by atomic mass is 16.3. The second kappa shape index (κ2) is 6.48. The molecule has 0 spiro atoms. The van der Waals surface area contributed by atoms with Crippen molar-refractivity contribution in [2.75, 3.05) is 19.7 Å². The average Bonchev–Trinajstić information content (AvgIpc) is 2.54. The maximum atomic E-state index is 12.6. The van der Waals surface area contributed by atoms with Crippen LogP contribution in [0.5, 0.6) is 5.75 Å². The first-order valence-electron chi connectivity index (χ1n) is 7.78. The molecule has 0 unspecified atom stereocenters. The molecule has 0 atom stereocenters. The van der Waals surface area contributed by atoms with E-state index in [0.717, 1.165) is 24.8 Å². The minimum absolute atomic E-state index is 0.0376. The Labute approximate surface area is 126 Å². The van der Waals surface area contributed by atoms with Gasteiger partial charge in [-0.15, -0.1) is 0 Å². The number of amides is 1. The number of para-hydroxylation sites is 1. The molecular formula is C17H25NO3. The van der Waals surface area contributed by atoms with E-state index in [4.69, 9.17) is 0 Å². The topological polar surface area (TPSA) is 60.8 Å². The first kappa shape index (κ1) is 15.8. The lowest BCUT2D eigenvalue weighted by atomic mass is 9.77. The van der Waals surface area contributed by atoms with Gasteiger partial charge >= 0.3 is 0 Å². The van der Waals surface area contributed by atoms with Gasteiger partial charge in [-0.05, 0) is 42.7 Å². The number of piperidine rings is 1. The SMILES string of the molecule is CCc1cccc(C(=O)N2CCC(CC)(CO)CC2)c1O. The van der Waals surface area contributed by atoms with Gasteiger partial charge in [0.15, 0.2) is 0 Å². The third-order valence-corrected chi connectivity index (χ3v) is 4.93. The summed E-state index contributed by atoms with van der Waals surface area (Å²) in [6.07, 6.45) is 3.28. The summed E-state index contributed by atoms with van der Waals surface area (Å²) in [7, 11) is 0. The molecule has 2 rings (SSSR count). The molecular weight excluding hydrogens is 266 g/mol. The third-order valence-electron chi connectivity index (χ3n) is 4.93. The summed E-state index contributed by atoms with van der Waals surface area (Å²) in [6, 6.07) is 5.35. The van der Waals surface area contributed by atoms with E-state index < -0.39 is 0 Å². The summed E-state index contributed by atoms with van der Waals surface area (Å²) in [6.45, 7) is 5.51. The minimum Gasteiger partial charge on any atom is -0.507 e. The van der Waals surface area contributed by atoms with Crippen molar-refractivity contribution >= 4 is 5.91 Å². The Bertz CT molecular complexity index is 499. The zero-order chi connectivity index (χ0) is 15.5. The van der Waals surface area contributed by atoms with Crippen LogP contribution in [0.4, 0.5) is 0 Å². The smallest absolute Gasteiger partial charge is 0.257 e. The average molecular weight is 291 g/mol. The highest BCUT2D eigenvalue weighted by Crippen LogP contribution is 2.35. The number of carbonyl (C=O) groups is 1. The molecule has 4 heteroatoms. The van der Waals surface area contributed by atoms with Crippen LogP contribution in [0.2, 0.25) is 0 Å². The number of phenols is 1. The summed E-state index contributed by atoms with van der Waals surface area (Å²) in [5.41, 5.74) is 1.16. The Morgan fingerprint density at radius 3 is 2.48 bits per heavy atom. The molecule has 1 amide bonds. The Hall–Kier alpha value is -1.55. The van der Waals surface area contributed by atoms with Gasteiger partial charge in [0.2, 0.25) is 0 Å². The molecule has 1 saturated heterocycles. The van der Waals surface area contributed by atoms with Gasteiger partial charge in [0.1, 0.15) is 5.75 Å². The maximum Gasteiger partial charge on any atom is 0.257 e. The van der Waals surface area contributed by atoms with Crippen molar-refractivity contribution in [3.8, 4) is 5.75 Å². The summed E-state index contributed by atoms with van der Waals surface area (Å²) in [4.78, 5) is 14.4. The summed E-state index contributed by atoms with van der Waals surface area (Å²) >= 11 is 0. The van der Waals surface area contributed by atoms with Crippen molar-refractivity contribution in [3.05, 3.63) is 29.3 Å². The van der Waals surface area contributed by atoms with Crippen LogP contribution < -0.4 is 0 Å². The summed E-state index contributed by atoms with van der Waals surface area (Å²) < 4.78 is 0. The van der Waals surface area contributed by atoms with Gasteiger partial charge in [0.25, 0.3) is 5.91 Å². The van der Waals surface area contributed by atoms with Gasteiger partial charge in [-0.25, -0.2) is 0 Å². The van der Waals surface area contributed by atoms with Gasteiger partial charge < -0.3 is 15.1 Å². The van der Waals surface area contributed by atoms with Crippen LogP contribution in [0.25, 0.3) is 0 Å². The Balaban J connectivity index is 2.12. The first-order valence-corrected chi connectivity index (χ1v) is 7.78. The number of hydrogen-bond donors (Lipinski definition) is 2. The van der Waals surface area contributed by atoms with E-state index in [9.17, 15) is 15.0 Å². The molecule has 4 nitrogen and oxygen atoms in total. The number of carbonyl (C=O) groups excluding carboxylic acids is 1. The third kappa shape index (κ3) is 3.05. The first-order chi connectivity index (χ1) is 10.1. The molecule has 1 aliphatic rings. The Morgan fingerprint density at radius 1 is 1.29 bits per heavy atom. The highest BCUT2D eigenvalue weighted by molar-refractivity contribution is 5.97. The molecule has 116 valence electrons. The van der Waals surface area contributed by atoms with E-state index >= 15 is 0 Å². The van der Waals surface area contributed by atoms with Crippen molar-refractivity contribution < 1.29 is 15.0 Å². The molecule has 0 bridgehead atoms. The molecule has 1 aliphatic heterocycles. The number of hydrogen-bond acceptors (Lipinski definition) is 3. The van der Waals surface area contributed by atoms with Crippen LogP contribution in [0.15, 0.2) is 18.2 Å². The lowest BCUT2D eigenvalue weighted by molar-refractivity contribution is 0.0336. The molecule has 1 fully saturated rings. The molecule has 0 saturated carbocycles. The predicted molar refractivity (Wildman–Crippen MR) is 82.4 cm³/mol. The van der Waals surface area contributed by atoms with E-state index in [-0.39, 0.29) is 23.7 Å². The largest absolute Gasteiger partial charge is 0.507 e. The van der Waals surface area contributed by atoms with Crippen LogP contribution >= 0.6 is 0 Å². The van der Waals surface area contributed by atoms with Crippen molar-refractivity contribution in [3.63, 3.8) is 0 Å². The molecule has 0 aromatic heterocycles. The molecule has 21 heavy (non-hydrogen) atoms. The fourth-order valence-electron chi connectivity index (χ4n) is 3.03. The van der Waals surface area contributed by atoms with Crippen LogP contribution in [-0.4, -0.2) is 40.7 Å². The van der Waals surface area contributed by atoms with Crippen molar-refractivity contribution in [1.29, 1.82) is 0 Å². The molecule has 1 aromatic rings. The van der Waals surface area contributed by atoms with Gasteiger partial charge in [-0.1, -0.05) is 26.0 Å². The molecule has 2 N–H and O–H groups in total. The van der Waals surface area contributed by atoms with E-state index in [1.165, 1.54) is 0 Å². The lowest BCUT2D eigenvalue weighted by Gasteiger charge is -2.40. The second-order valence-electron chi connectivity index (χ2n) is 5.97. The van der Waals surface area contributed by atoms with E-state index in [2.05, 4.69) is 6.92 Å². The normalized spacial score (nSPS) is 17.8. The number of likely N-dealkylation sites (tertiary alicyclic amines) is 1. The Morgan fingerprint density at radius 2 is 1.95 bits per heavy atom. The molecule has 0 radical (unpaired) electrons. The summed E-state index contributed by atoms with van der Waals surface area (Å²) in [5.74, 6) is 0.00456. The standard InChI is InChI=1S/C17H25NO3/c1-3-13-6-5-7-14(15(13)20)16(21)18-10-8-17(4-2,12-19)9-11-18/h5-7,19-20H,3-4,8-12H2,1-2H3. The zero-order valence-corrected chi connectivity index (χ0v) is 12.9. The van der Waals surface area contributed by atoms with Crippen molar-refractivity contribution in [2.24, 2.45) is 5.41 Å². The van der Waals surface area contributed by atoms with E-state index in [0.29, 0.717) is 25.1 Å². The Kier molecular flexibility index (Phi) is 4.88. The summed E-state index contributed by atoms with van der Waals surface area (Å²) in [5, 5.41) is 19.7. The van der Waals surface area contributed by atoms with Crippen molar-refractivity contribution in [1.82, 2.24) is 4.90 Å². The van der Waals surface area contributed by atoms with Crippen LogP contribution in [0, 0.1) is 5.41 Å². The number of aliphatic hydroxyl groups excluding tert-OH is 1. The van der Waals surface area contributed by atoms with Gasteiger partial charge in [-0.3, -0.25) is 4.79 Å².